The van der Waals surface area contributed by atoms with Crippen molar-refractivity contribution >= 4 is 29.1 Å². The van der Waals surface area contributed by atoms with E-state index in [0.717, 1.165) is 12.8 Å². The maximum Gasteiger partial charge on any atom is 0.217 e. The second-order valence-corrected chi connectivity index (χ2v) is 5.97. The van der Waals surface area contributed by atoms with Gasteiger partial charge in [0, 0.05) is 18.2 Å². The molecule has 0 unspecified atom stereocenters. The Morgan fingerprint density at radius 1 is 1.12 bits per heavy atom. The first-order valence-corrected chi connectivity index (χ1v) is 7.62. The highest BCUT2D eigenvalue weighted by Crippen LogP contribution is 2.46. The Bertz CT molecular complexity index is 234. The van der Waals surface area contributed by atoms with E-state index < -0.39 is 0 Å². The summed E-state index contributed by atoms with van der Waals surface area (Å²) in [6.07, 6.45) is 8.37. The van der Waals surface area contributed by atoms with Crippen molar-refractivity contribution in [3.63, 3.8) is 0 Å². The first-order chi connectivity index (χ1) is 8.14. The van der Waals surface area contributed by atoms with Gasteiger partial charge in [-0.05, 0) is 37.0 Å². The van der Waals surface area contributed by atoms with E-state index >= 15 is 0 Å². The summed E-state index contributed by atoms with van der Waals surface area (Å²) in [5, 5.41) is 0. The number of carbonyl (C=O) groups is 1. The SMILES string of the molecule is NC(=O)CC(CCCl)(CCCl)C1CCCCC1. The van der Waals surface area contributed by atoms with E-state index in [2.05, 4.69) is 0 Å². The molecule has 1 amide bonds. The topological polar surface area (TPSA) is 43.1 Å². The molecule has 1 rings (SSSR count). The maximum atomic E-state index is 11.3. The minimum absolute atomic E-state index is 0.0459. The first kappa shape index (κ1) is 15.1. The summed E-state index contributed by atoms with van der Waals surface area (Å²) < 4.78 is 0. The smallest absolute Gasteiger partial charge is 0.217 e. The van der Waals surface area contributed by atoms with Crippen LogP contribution >= 0.6 is 23.2 Å². The molecule has 1 aliphatic rings. The molecule has 1 saturated carbocycles. The number of hydrogen-bond donors (Lipinski definition) is 1. The predicted molar refractivity (Wildman–Crippen MR) is 73.5 cm³/mol. The molecule has 0 spiro atoms. The van der Waals surface area contributed by atoms with E-state index in [1.165, 1.54) is 32.1 Å². The van der Waals surface area contributed by atoms with Crippen LogP contribution in [0.1, 0.15) is 51.4 Å². The van der Waals surface area contributed by atoms with Gasteiger partial charge in [-0.25, -0.2) is 0 Å². The molecule has 0 saturated heterocycles. The molecular weight excluding hydrogens is 257 g/mol. The van der Waals surface area contributed by atoms with Gasteiger partial charge in [-0.2, -0.15) is 0 Å². The average molecular weight is 280 g/mol. The lowest BCUT2D eigenvalue weighted by Crippen LogP contribution is -2.37. The van der Waals surface area contributed by atoms with Crippen molar-refractivity contribution in [3.8, 4) is 0 Å². The Morgan fingerprint density at radius 3 is 2.06 bits per heavy atom. The largest absolute Gasteiger partial charge is 0.370 e. The summed E-state index contributed by atoms with van der Waals surface area (Å²) in [6.45, 7) is 0. The molecule has 2 N–H and O–H groups in total. The third-order valence-corrected chi connectivity index (χ3v) is 4.56. The molecule has 0 aromatic carbocycles. The van der Waals surface area contributed by atoms with Crippen LogP contribution in [0.15, 0.2) is 0 Å². The van der Waals surface area contributed by atoms with Crippen LogP contribution < -0.4 is 5.73 Å². The van der Waals surface area contributed by atoms with Gasteiger partial charge in [0.05, 0.1) is 0 Å². The van der Waals surface area contributed by atoms with E-state index in [1.54, 1.807) is 0 Å². The fraction of sp³-hybridized carbons (Fsp3) is 0.923. The molecule has 100 valence electrons. The molecule has 0 radical (unpaired) electrons. The van der Waals surface area contributed by atoms with Gasteiger partial charge in [-0.3, -0.25) is 4.79 Å². The highest BCUT2D eigenvalue weighted by molar-refractivity contribution is 6.18. The third-order valence-electron chi connectivity index (χ3n) is 4.18. The summed E-state index contributed by atoms with van der Waals surface area (Å²) in [5.74, 6) is 1.52. The molecule has 1 aliphatic carbocycles. The molecule has 0 aromatic heterocycles. The Hall–Kier alpha value is 0.0500. The van der Waals surface area contributed by atoms with Gasteiger partial charge in [0.2, 0.25) is 5.91 Å². The summed E-state index contributed by atoms with van der Waals surface area (Å²) >= 11 is 11.9. The van der Waals surface area contributed by atoms with Crippen LogP contribution in [0.2, 0.25) is 0 Å². The highest BCUT2D eigenvalue weighted by Gasteiger charge is 2.39. The van der Waals surface area contributed by atoms with Gasteiger partial charge >= 0.3 is 0 Å². The fourth-order valence-corrected chi connectivity index (χ4v) is 4.05. The average Bonchev–Trinajstić information content (AvgIpc) is 2.30. The molecule has 0 aliphatic heterocycles. The van der Waals surface area contributed by atoms with E-state index in [-0.39, 0.29) is 11.3 Å². The van der Waals surface area contributed by atoms with Crippen LogP contribution in [0.4, 0.5) is 0 Å². The highest BCUT2D eigenvalue weighted by atomic mass is 35.5. The fourth-order valence-electron chi connectivity index (χ4n) is 3.29. The monoisotopic (exact) mass is 279 g/mol. The second-order valence-electron chi connectivity index (χ2n) is 5.22. The number of nitrogens with two attached hydrogens (primary N) is 1. The molecule has 0 aromatic rings. The lowest BCUT2D eigenvalue weighted by molar-refractivity contribution is -0.121. The number of carbonyl (C=O) groups excluding carboxylic acids is 1. The van der Waals surface area contributed by atoms with Crippen LogP contribution in [0.3, 0.4) is 0 Å². The van der Waals surface area contributed by atoms with Gasteiger partial charge < -0.3 is 5.73 Å². The number of hydrogen-bond acceptors (Lipinski definition) is 1. The van der Waals surface area contributed by atoms with Gasteiger partial charge in [-0.1, -0.05) is 19.3 Å². The molecule has 0 bridgehead atoms. The Kier molecular flexibility index (Phi) is 6.65. The van der Waals surface area contributed by atoms with Crippen molar-refractivity contribution in [1.82, 2.24) is 0 Å². The maximum absolute atomic E-state index is 11.3. The Balaban J connectivity index is 2.81. The molecular formula is C13H23Cl2NO. The Labute approximate surface area is 114 Å². The standard InChI is InChI=1S/C13H23Cl2NO/c14-8-6-13(7-9-15,10-12(16)17)11-4-2-1-3-5-11/h11H,1-10H2,(H2,16,17). The molecule has 17 heavy (non-hydrogen) atoms. The van der Waals surface area contributed by atoms with Crippen molar-refractivity contribution < 1.29 is 4.79 Å². The van der Waals surface area contributed by atoms with E-state index in [4.69, 9.17) is 28.9 Å². The number of amides is 1. The molecule has 4 heteroatoms. The van der Waals surface area contributed by atoms with Crippen molar-refractivity contribution in [3.05, 3.63) is 0 Å². The normalized spacial score (nSPS) is 18.2. The number of primary amides is 1. The Morgan fingerprint density at radius 2 is 1.65 bits per heavy atom. The van der Waals surface area contributed by atoms with Crippen molar-refractivity contribution in [1.29, 1.82) is 0 Å². The molecule has 1 fully saturated rings. The lowest BCUT2D eigenvalue weighted by Gasteiger charge is -2.42. The molecule has 2 nitrogen and oxygen atoms in total. The summed E-state index contributed by atoms with van der Waals surface area (Å²) in [6, 6.07) is 0. The van der Waals surface area contributed by atoms with Gasteiger partial charge in [0.15, 0.2) is 0 Å². The summed E-state index contributed by atoms with van der Waals surface area (Å²) in [5.41, 5.74) is 5.37. The first-order valence-electron chi connectivity index (χ1n) is 6.55. The quantitative estimate of drug-likeness (QED) is 0.710. The van der Waals surface area contributed by atoms with Crippen molar-refractivity contribution in [2.75, 3.05) is 11.8 Å². The summed E-state index contributed by atoms with van der Waals surface area (Å²) in [4.78, 5) is 11.3. The predicted octanol–water partition coefficient (Wildman–Crippen LogP) is 3.69. The third kappa shape index (κ3) is 4.33. The van der Waals surface area contributed by atoms with Crippen LogP contribution in [0.25, 0.3) is 0 Å². The number of halogens is 2. The second kappa shape index (κ2) is 7.48. The van der Waals surface area contributed by atoms with Crippen LogP contribution in [0, 0.1) is 11.3 Å². The number of alkyl halides is 2. The van der Waals surface area contributed by atoms with Crippen LogP contribution in [0.5, 0.6) is 0 Å². The van der Waals surface area contributed by atoms with Crippen molar-refractivity contribution in [2.45, 2.75) is 51.4 Å². The number of rotatable bonds is 7. The van der Waals surface area contributed by atoms with Gasteiger partial charge in [0.1, 0.15) is 0 Å². The van der Waals surface area contributed by atoms with E-state index in [9.17, 15) is 4.79 Å². The van der Waals surface area contributed by atoms with E-state index in [0.29, 0.717) is 24.1 Å². The minimum atomic E-state index is -0.217. The molecule has 0 atom stereocenters. The lowest BCUT2D eigenvalue weighted by atomic mass is 9.64. The van der Waals surface area contributed by atoms with Crippen molar-refractivity contribution in [2.24, 2.45) is 17.1 Å². The minimum Gasteiger partial charge on any atom is -0.370 e. The summed E-state index contributed by atoms with van der Waals surface area (Å²) in [7, 11) is 0. The molecule has 0 heterocycles. The van der Waals surface area contributed by atoms with Gasteiger partial charge in [0.25, 0.3) is 0 Å². The zero-order chi connectivity index (χ0) is 12.7. The van der Waals surface area contributed by atoms with Gasteiger partial charge in [-0.15, -0.1) is 23.2 Å². The zero-order valence-electron chi connectivity index (χ0n) is 10.4. The van der Waals surface area contributed by atoms with Crippen LogP contribution in [-0.4, -0.2) is 17.7 Å². The zero-order valence-corrected chi connectivity index (χ0v) is 11.9. The van der Waals surface area contributed by atoms with E-state index in [1.807, 2.05) is 0 Å². The van der Waals surface area contributed by atoms with Crippen LogP contribution in [-0.2, 0) is 4.79 Å².